The van der Waals surface area contributed by atoms with E-state index in [0.717, 1.165) is 44.1 Å². The summed E-state index contributed by atoms with van der Waals surface area (Å²) in [6.07, 6.45) is 3.11. The number of carbonyl (C=O) groups excluding carboxylic acids is 1. The van der Waals surface area contributed by atoms with Crippen molar-refractivity contribution in [2.24, 2.45) is 0 Å². The highest BCUT2D eigenvalue weighted by atomic mass is 16.5. The average molecular weight is 377 g/mol. The number of nitrogens with zero attached hydrogens (tertiary/aromatic N) is 4. The van der Waals surface area contributed by atoms with Gasteiger partial charge in [-0.2, -0.15) is 5.10 Å². The van der Waals surface area contributed by atoms with Gasteiger partial charge in [0.2, 0.25) is 0 Å². The van der Waals surface area contributed by atoms with Crippen LogP contribution in [0.15, 0.2) is 67.3 Å². The van der Waals surface area contributed by atoms with Gasteiger partial charge in [0.15, 0.2) is 0 Å². The molecule has 7 heteroatoms. The third-order valence-corrected chi connectivity index (χ3v) is 4.86. The van der Waals surface area contributed by atoms with Crippen LogP contribution in [0.5, 0.6) is 0 Å². The Labute approximate surface area is 164 Å². The highest BCUT2D eigenvalue weighted by molar-refractivity contribution is 5.94. The molecule has 2 aromatic carbocycles. The number of hydrogen-bond donors (Lipinski definition) is 1. The van der Waals surface area contributed by atoms with E-state index in [1.165, 1.54) is 6.33 Å². The van der Waals surface area contributed by atoms with Gasteiger partial charge in [-0.3, -0.25) is 9.69 Å². The van der Waals surface area contributed by atoms with Crippen LogP contribution in [0.3, 0.4) is 0 Å². The quantitative estimate of drug-likeness (QED) is 0.712. The van der Waals surface area contributed by atoms with Crippen LogP contribution in [0.25, 0.3) is 5.69 Å². The summed E-state index contributed by atoms with van der Waals surface area (Å²) >= 11 is 0. The second kappa shape index (κ2) is 8.77. The Morgan fingerprint density at radius 2 is 1.82 bits per heavy atom. The van der Waals surface area contributed by atoms with Crippen LogP contribution in [-0.2, 0) is 4.74 Å². The SMILES string of the molecule is O=C(NC(CN1CCOCC1)c1ccccc1)c1ccc(-n2cncn2)cc1. The minimum atomic E-state index is -0.0905. The van der Waals surface area contributed by atoms with Crippen molar-refractivity contribution in [3.8, 4) is 5.69 Å². The smallest absolute Gasteiger partial charge is 0.251 e. The molecule has 1 atom stereocenters. The molecule has 0 saturated carbocycles. The fourth-order valence-corrected chi connectivity index (χ4v) is 3.31. The van der Waals surface area contributed by atoms with Crippen molar-refractivity contribution >= 4 is 5.91 Å². The van der Waals surface area contributed by atoms with Gasteiger partial charge in [-0.05, 0) is 29.8 Å². The highest BCUT2D eigenvalue weighted by Gasteiger charge is 2.20. The van der Waals surface area contributed by atoms with E-state index in [2.05, 4.69) is 32.4 Å². The topological polar surface area (TPSA) is 72.3 Å². The standard InChI is InChI=1S/C21H23N5O2/c27-21(18-6-8-19(9-7-18)26-16-22-15-23-26)24-20(17-4-2-1-3-5-17)14-25-10-12-28-13-11-25/h1-9,15-16,20H,10-14H2,(H,24,27). The Morgan fingerprint density at radius 1 is 1.07 bits per heavy atom. The van der Waals surface area contributed by atoms with Crippen molar-refractivity contribution in [3.63, 3.8) is 0 Å². The van der Waals surface area contributed by atoms with Crippen molar-refractivity contribution in [1.29, 1.82) is 0 Å². The second-order valence-corrected chi connectivity index (χ2v) is 6.74. The molecule has 2 heterocycles. The first-order valence-electron chi connectivity index (χ1n) is 9.40. The molecule has 1 aliphatic heterocycles. The van der Waals surface area contributed by atoms with E-state index in [-0.39, 0.29) is 11.9 Å². The van der Waals surface area contributed by atoms with Gasteiger partial charge in [-0.1, -0.05) is 30.3 Å². The van der Waals surface area contributed by atoms with E-state index in [4.69, 9.17) is 4.74 Å². The molecule has 3 aromatic rings. The van der Waals surface area contributed by atoms with Crippen LogP contribution >= 0.6 is 0 Å². The van der Waals surface area contributed by atoms with E-state index in [0.29, 0.717) is 5.56 Å². The van der Waals surface area contributed by atoms with Crippen molar-refractivity contribution < 1.29 is 9.53 Å². The van der Waals surface area contributed by atoms with Crippen LogP contribution in [0.2, 0.25) is 0 Å². The lowest BCUT2D eigenvalue weighted by molar-refractivity contribution is 0.0332. The van der Waals surface area contributed by atoms with Crippen LogP contribution in [0, 0.1) is 0 Å². The zero-order chi connectivity index (χ0) is 19.2. The summed E-state index contributed by atoms with van der Waals surface area (Å²) in [5, 5.41) is 7.30. The van der Waals surface area contributed by atoms with E-state index in [1.54, 1.807) is 11.0 Å². The van der Waals surface area contributed by atoms with Crippen molar-refractivity contribution in [1.82, 2.24) is 25.0 Å². The zero-order valence-electron chi connectivity index (χ0n) is 15.6. The molecule has 1 amide bonds. The first kappa shape index (κ1) is 18.3. The lowest BCUT2D eigenvalue weighted by Crippen LogP contribution is -2.43. The van der Waals surface area contributed by atoms with Gasteiger partial charge in [-0.25, -0.2) is 9.67 Å². The largest absolute Gasteiger partial charge is 0.379 e. The van der Waals surface area contributed by atoms with Crippen molar-refractivity contribution in [2.75, 3.05) is 32.8 Å². The molecule has 144 valence electrons. The number of rotatable bonds is 6. The summed E-state index contributed by atoms with van der Waals surface area (Å²) < 4.78 is 7.10. The first-order valence-corrected chi connectivity index (χ1v) is 9.40. The summed E-state index contributed by atoms with van der Waals surface area (Å²) in [6, 6.07) is 17.4. The van der Waals surface area contributed by atoms with Crippen LogP contribution < -0.4 is 5.32 Å². The molecule has 1 fully saturated rings. The number of benzene rings is 2. The Bertz CT molecular complexity index is 875. The van der Waals surface area contributed by atoms with Crippen LogP contribution in [-0.4, -0.2) is 58.4 Å². The minimum Gasteiger partial charge on any atom is -0.379 e. The number of aromatic nitrogens is 3. The molecule has 0 radical (unpaired) electrons. The van der Waals surface area contributed by atoms with Gasteiger partial charge < -0.3 is 10.1 Å². The molecule has 0 bridgehead atoms. The monoisotopic (exact) mass is 377 g/mol. The summed E-state index contributed by atoms with van der Waals surface area (Å²) in [4.78, 5) is 19.2. The van der Waals surface area contributed by atoms with Gasteiger partial charge in [0.05, 0.1) is 24.9 Å². The molecule has 1 aromatic heterocycles. The molecule has 7 nitrogen and oxygen atoms in total. The van der Waals surface area contributed by atoms with E-state index in [9.17, 15) is 4.79 Å². The maximum absolute atomic E-state index is 12.9. The van der Waals surface area contributed by atoms with Gasteiger partial charge in [0.25, 0.3) is 5.91 Å². The molecular weight excluding hydrogens is 354 g/mol. The van der Waals surface area contributed by atoms with Crippen LogP contribution in [0.4, 0.5) is 0 Å². The molecular formula is C21H23N5O2. The Balaban J connectivity index is 1.48. The summed E-state index contributed by atoms with van der Waals surface area (Å²) in [6.45, 7) is 3.99. The summed E-state index contributed by atoms with van der Waals surface area (Å²) in [5.41, 5.74) is 2.58. The predicted octanol–water partition coefficient (Wildman–Crippen LogP) is 2.07. The normalized spacial score (nSPS) is 15.9. The first-order chi connectivity index (χ1) is 13.8. The number of nitrogens with one attached hydrogen (secondary N) is 1. The molecule has 1 aliphatic rings. The Morgan fingerprint density at radius 3 is 2.50 bits per heavy atom. The second-order valence-electron chi connectivity index (χ2n) is 6.74. The fourth-order valence-electron chi connectivity index (χ4n) is 3.31. The lowest BCUT2D eigenvalue weighted by atomic mass is 10.1. The molecule has 1 unspecified atom stereocenters. The molecule has 0 spiro atoms. The van der Waals surface area contributed by atoms with E-state index < -0.39 is 0 Å². The molecule has 1 saturated heterocycles. The third kappa shape index (κ3) is 4.44. The highest BCUT2D eigenvalue weighted by Crippen LogP contribution is 2.17. The number of amides is 1. The molecule has 28 heavy (non-hydrogen) atoms. The summed E-state index contributed by atoms with van der Waals surface area (Å²) in [5.74, 6) is -0.0905. The zero-order valence-corrected chi connectivity index (χ0v) is 15.6. The summed E-state index contributed by atoms with van der Waals surface area (Å²) in [7, 11) is 0. The third-order valence-electron chi connectivity index (χ3n) is 4.86. The van der Waals surface area contributed by atoms with Crippen LogP contribution in [0.1, 0.15) is 22.0 Å². The van der Waals surface area contributed by atoms with Gasteiger partial charge in [0.1, 0.15) is 12.7 Å². The molecule has 1 N–H and O–H groups in total. The van der Waals surface area contributed by atoms with E-state index in [1.807, 2.05) is 42.5 Å². The molecule has 0 aliphatic carbocycles. The maximum atomic E-state index is 12.9. The number of hydrogen-bond acceptors (Lipinski definition) is 5. The Hall–Kier alpha value is -3.03. The molecule has 4 rings (SSSR count). The minimum absolute atomic E-state index is 0.0817. The number of ether oxygens (including phenoxy) is 1. The van der Waals surface area contributed by atoms with E-state index >= 15 is 0 Å². The Kier molecular flexibility index (Phi) is 5.75. The van der Waals surface area contributed by atoms with Gasteiger partial charge >= 0.3 is 0 Å². The predicted molar refractivity (Wildman–Crippen MR) is 105 cm³/mol. The van der Waals surface area contributed by atoms with Gasteiger partial charge in [0, 0.05) is 25.2 Å². The van der Waals surface area contributed by atoms with Crippen molar-refractivity contribution in [2.45, 2.75) is 6.04 Å². The van der Waals surface area contributed by atoms with Crippen molar-refractivity contribution in [3.05, 3.63) is 78.4 Å². The average Bonchev–Trinajstić information content (AvgIpc) is 3.30. The number of morpholine rings is 1. The lowest BCUT2D eigenvalue weighted by Gasteiger charge is -2.31. The fraction of sp³-hybridized carbons (Fsp3) is 0.286. The maximum Gasteiger partial charge on any atom is 0.251 e. The van der Waals surface area contributed by atoms with Gasteiger partial charge in [-0.15, -0.1) is 0 Å². The number of carbonyl (C=O) groups is 1.